The number of benzene rings is 3. The van der Waals surface area contributed by atoms with Gasteiger partial charge < -0.3 is 4.74 Å². The van der Waals surface area contributed by atoms with Gasteiger partial charge in [0.25, 0.3) is 0 Å². The third kappa shape index (κ3) is 4.81. The van der Waals surface area contributed by atoms with Crippen molar-refractivity contribution in [2.75, 3.05) is 13.2 Å². The van der Waals surface area contributed by atoms with Crippen LogP contribution in [0.15, 0.2) is 66.7 Å². The maximum Gasteiger partial charge on any atom is 0.215 e. The number of fused-ring (bicyclic) bond motifs is 1. The Hall–Kier alpha value is -2.37. The Morgan fingerprint density at radius 2 is 1.64 bits per heavy atom. The summed E-state index contributed by atoms with van der Waals surface area (Å²) >= 11 is 0. The Balaban J connectivity index is 1.52. The molecule has 0 aliphatic rings. The number of nitrogens with one attached hydrogen (secondary N) is 1. The van der Waals surface area contributed by atoms with Gasteiger partial charge in [0.1, 0.15) is 12.4 Å². The molecule has 0 radical (unpaired) electrons. The summed E-state index contributed by atoms with van der Waals surface area (Å²) in [5, 5.41) is 2.24. The lowest BCUT2D eigenvalue weighted by molar-refractivity contribution is 0.323. The highest BCUT2D eigenvalue weighted by Crippen LogP contribution is 2.20. The maximum absolute atomic E-state index is 12.2. The summed E-state index contributed by atoms with van der Waals surface area (Å²) < 4.78 is 32.6. The fraction of sp³-hybridized carbons (Fsp3) is 0.200. The van der Waals surface area contributed by atoms with Crippen molar-refractivity contribution >= 4 is 20.8 Å². The fourth-order valence-electron chi connectivity index (χ4n) is 2.65. The molecule has 0 aliphatic carbocycles. The Labute approximate surface area is 148 Å². The quantitative estimate of drug-likeness (QED) is 0.658. The number of sulfonamides is 1. The first-order chi connectivity index (χ1) is 12.0. The third-order valence-corrected chi connectivity index (χ3v) is 5.36. The van der Waals surface area contributed by atoms with Crippen LogP contribution < -0.4 is 9.46 Å². The zero-order valence-electron chi connectivity index (χ0n) is 14.1. The van der Waals surface area contributed by atoms with Crippen LogP contribution in [0.2, 0.25) is 0 Å². The van der Waals surface area contributed by atoms with Crippen molar-refractivity contribution in [3.05, 3.63) is 77.9 Å². The molecule has 0 saturated carbocycles. The van der Waals surface area contributed by atoms with Crippen LogP contribution >= 0.6 is 0 Å². The minimum absolute atomic E-state index is 0.0182. The van der Waals surface area contributed by atoms with Gasteiger partial charge in [-0.3, -0.25) is 0 Å². The van der Waals surface area contributed by atoms with Crippen LogP contribution in [0.3, 0.4) is 0 Å². The molecule has 0 bridgehead atoms. The van der Waals surface area contributed by atoms with Crippen LogP contribution in [-0.4, -0.2) is 21.6 Å². The lowest BCUT2D eigenvalue weighted by Gasteiger charge is -2.10. The first-order valence-corrected chi connectivity index (χ1v) is 9.82. The van der Waals surface area contributed by atoms with Gasteiger partial charge in [0.05, 0.1) is 5.75 Å². The number of hydrogen-bond acceptors (Lipinski definition) is 3. The average molecular weight is 355 g/mol. The van der Waals surface area contributed by atoms with E-state index in [2.05, 4.69) is 4.72 Å². The predicted octanol–water partition coefficient (Wildman–Crippen LogP) is 3.65. The second kappa shape index (κ2) is 7.68. The van der Waals surface area contributed by atoms with Crippen molar-refractivity contribution in [1.82, 2.24) is 4.72 Å². The maximum atomic E-state index is 12.2. The third-order valence-electron chi connectivity index (χ3n) is 4.02. The molecule has 3 aromatic carbocycles. The summed E-state index contributed by atoms with van der Waals surface area (Å²) in [6.07, 6.45) is 0. The van der Waals surface area contributed by atoms with Gasteiger partial charge in [-0.2, -0.15) is 0 Å². The summed E-state index contributed by atoms with van der Waals surface area (Å²) in [6.45, 7) is 2.43. The molecule has 0 atom stereocenters. The van der Waals surface area contributed by atoms with Crippen LogP contribution in [0, 0.1) is 6.92 Å². The number of rotatable bonds is 7. The topological polar surface area (TPSA) is 55.4 Å². The number of ether oxygens (including phenoxy) is 1. The molecule has 0 unspecified atom stereocenters. The Bertz CT molecular complexity index is 967. The minimum Gasteiger partial charge on any atom is -0.492 e. The molecule has 0 aromatic heterocycles. The molecule has 0 spiro atoms. The monoisotopic (exact) mass is 355 g/mol. The van der Waals surface area contributed by atoms with Gasteiger partial charge in [-0.15, -0.1) is 0 Å². The molecule has 3 rings (SSSR count). The van der Waals surface area contributed by atoms with Crippen LogP contribution in [0.4, 0.5) is 0 Å². The molecule has 25 heavy (non-hydrogen) atoms. The number of hydrogen-bond donors (Lipinski definition) is 1. The molecule has 4 nitrogen and oxygen atoms in total. The van der Waals surface area contributed by atoms with Crippen LogP contribution in [0.1, 0.15) is 11.1 Å². The van der Waals surface area contributed by atoms with E-state index in [1.165, 1.54) is 0 Å². The minimum atomic E-state index is -3.38. The molecule has 1 N–H and O–H groups in total. The summed E-state index contributed by atoms with van der Waals surface area (Å²) in [6, 6.07) is 21.4. The molecular weight excluding hydrogens is 334 g/mol. The molecule has 3 aromatic rings. The van der Waals surface area contributed by atoms with E-state index in [9.17, 15) is 8.42 Å². The predicted molar refractivity (Wildman–Crippen MR) is 101 cm³/mol. The normalized spacial score (nSPS) is 11.6. The van der Waals surface area contributed by atoms with Crippen molar-refractivity contribution in [3.63, 3.8) is 0 Å². The lowest BCUT2D eigenvalue weighted by Crippen LogP contribution is -2.29. The summed E-state index contributed by atoms with van der Waals surface area (Å²) in [5.74, 6) is 0.715. The van der Waals surface area contributed by atoms with Gasteiger partial charge in [0.15, 0.2) is 0 Å². The lowest BCUT2D eigenvalue weighted by atomic mass is 10.1. The first kappa shape index (κ1) is 17.5. The highest BCUT2D eigenvalue weighted by molar-refractivity contribution is 7.88. The number of aryl methyl sites for hydroxylation is 1. The van der Waals surface area contributed by atoms with Crippen molar-refractivity contribution in [3.8, 4) is 5.75 Å². The molecule has 0 fully saturated rings. The van der Waals surface area contributed by atoms with E-state index in [1.54, 1.807) is 0 Å². The molecule has 0 saturated heterocycles. The fourth-order valence-corrected chi connectivity index (χ4v) is 3.88. The average Bonchev–Trinajstić information content (AvgIpc) is 2.60. The van der Waals surface area contributed by atoms with Crippen molar-refractivity contribution in [2.45, 2.75) is 12.7 Å². The molecule has 0 heterocycles. The highest BCUT2D eigenvalue weighted by atomic mass is 32.2. The molecule has 0 amide bonds. The van der Waals surface area contributed by atoms with Gasteiger partial charge in [-0.05, 0) is 41.0 Å². The zero-order chi connectivity index (χ0) is 17.7. The molecule has 5 heteroatoms. The van der Waals surface area contributed by atoms with Crippen LogP contribution in [0.25, 0.3) is 10.8 Å². The van der Waals surface area contributed by atoms with E-state index in [-0.39, 0.29) is 18.9 Å². The Kier molecular flexibility index (Phi) is 5.36. The largest absolute Gasteiger partial charge is 0.492 e. The van der Waals surface area contributed by atoms with Crippen LogP contribution in [0.5, 0.6) is 5.75 Å². The summed E-state index contributed by atoms with van der Waals surface area (Å²) in [7, 11) is -3.38. The van der Waals surface area contributed by atoms with Crippen LogP contribution in [-0.2, 0) is 15.8 Å². The van der Waals surface area contributed by atoms with Crippen molar-refractivity contribution in [2.24, 2.45) is 0 Å². The SMILES string of the molecule is Cc1ccccc1CS(=O)(=O)NCCOc1ccc2ccccc2c1. The van der Waals surface area contributed by atoms with E-state index >= 15 is 0 Å². The summed E-state index contributed by atoms with van der Waals surface area (Å²) in [4.78, 5) is 0. The standard InChI is InChI=1S/C20H21NO3S/c1-16-6-2-3-9-19(16)15-25(22,23)21-12-13-24-20-11-10-17-7-4-5-8-18(17)14-20/h2-11,14,21H,12-13,15H2,1H3. The van der Waals surface area contributed by atoms with Gasteiger partial charge in [-0.1, -0.05) is 54.6 Å². The van der Waals surface area contributed by atoms with Crippen molar-refractivity contribution in [1.29, 1.82) is 0 Å². The van der Waals surface area contributed by atoms with E-state index in [4.69, 9.17) is 4.74 Å². The van der Waals surface area contributed by atoms with Gasteiger partial charge >= 0.3 is 0 Å². The second-order valence-electron chi connectivity index (χ2n) is 5.94. The smallest absolute Gasteiger partial charge is 0.215 e. The Morgan fingerprint density at radius 1 is 0.920 bits per heavy atom. The van der Waals surface area contributed by atoms with E-state index < -0.39 is 10.0 Å². The van der Waals surface area contributed by atoms with E-state index in [1.807, 2.05) is 73.7 Å². The van der Waals surface area contributed by atoms with E-state index in [0.717, 1.165) is 27.6 Å². The van der Waals surface area contributed by atoms with Gasteiger partial charge in [0.2, 0.25) is 10.0 Å². The van der Waals surface area contributed by atoms with Gasteiger partial charge in [-0.25, -0.2) is 13.1 Å². The Morgan fingerprint density at radius 3 is 2.44 bits per heavy atom. The first-order valence-electron chi connectivity index (χ1n) is 8.17. The molecular formula is C20H21NO3S. The molecule has 0 aliphatic heterocycles. The van der Waals surface area contributed by atoms with Gasteiger partial charge in [0, 0.05) is 6.54 Å². The van der Waals surface area contributed by atoms with E-state index in [0.29, 0.717) is 0 Å². The molecule has 130 valence electrons. The highest BCUT2D eigenvalue weighted by Gasteiger charge is 2.12. The summed E-state index contributed by atoms with van der Waals surface area (Å²) in [5.41, 5.74) is 1.78. The zero-order valence-corrected chi connectivity index (χ0v) is 14.9. The second-order valence-corrected chi connectivity index (χ2v) is 7.74. The van der Waals surface area contributed by atoms with Crippen molar-refractivity contribution < 1.29 is 13.2 Å².